The second-order valence-corrected chi connectivity index (χ2v) is 6.21. The summed E-state index contributed by atoms with van der Waals surface area (Å²) in [6, 6.07) is 19.5. The molecule has 3 aromatic rings. The molecular formula is C22H25N5O2. The fourth-order valence-electron chi connectivity index (χ4n) is 2.91. The molecule has 0 aliphatic heterocycles. The lowest BCUT2D eigenvalue weighted by molar-refractivity contribution is 0.293. The molecule has 1 aromatic heterocycles. The van der Waals surface area contributed by atoms with Crippen LogP contribution in [-0.4, -0.2) is 19.1 Å². The SMILES string of the molecule is CCc1cccc(N=NNNC)c1COc1cccc(-c2ccc(OC)cc2)n1. The van der Waals surface area contributed by atoms with Crippen LogP contribution in [0, 0.1) is 0 Å². The summed E-state index contributed by atoms with van der Waals surface area (Å²) in [5.41, 5.74) is 10.1. The summed E-state index contributed by atoms with van der Waals surface area (Å²) in [4.78, 5) is 4.63. The van der Waals surface area contributed by atoms with Crippen LogP contribution in [0.5, 0.6) is 11.6 Å². The van der Waals surface area contributed by atoms with Gasteiger partial charge < -0.3 is 9.47 Å². The van der Waals surface area contributed by atoms with Crippen molar-refractivity contribution in [2.45, 2.75) is 20.0 Å². The first-order chi connectivity index (χ1) is 14.2. The Hall–Kier alpha value is -3.45. The Bertz CT molecular complexity index is 958. The van der Waals surface area contributed by atoms with Gasteiger partial charge in [0.1, 0.15) is 12.4 Å². The minimum Gasteiger partial charge on any atom is -0.497 e. The van der Waals surface area contributed by atoms with Gasteiger partial charge >= 0.3 is 0 Å². The summed E-state index contributed by atoms with van der Waals surface area (Å²) in [5.74, 6) is 1.37. The van der Waals surface area contributed by atoms with Crippen LogP contribution in [0.15, 0.2) is 71.0 Å². The Balaban J connectivity index is 1.79. The fourth-order valence-corrected chi connectivity index (χ4v) is 2.91. The summed E-state index contributed by atoms with van der Waals surface area (Å²) < 4.78 is 11.2. The molecule has 0 fully saturated rings. The van der Waals surface area contributed by atoms with Crippen LogP contribution in [0.25, 0.3) is 11.3 Å². The average molecular weight is 391 g/mol. The lowest BCUT2D eigenvalue weighted by Crippen LogP contribution is -2.20. The highest BCUT2D eigenvalue weighted by atomic mass is 16.5. The van der Waals surface area contributed by atoms with Crippen LogP contribution in [0.3, 0.4) is 0 Å². The fraction of sp³-hybridized carbons (Fsp3) is 0.227. The molecule has 2 aromatic carbocycles. The maximum atomic E-state index is 6.02. The van der Waals surface area contributed by atoms with E-state index in [0.717, 1.165) is 40.2 Å². The van der Waals surface area contributed by atoms with Crippen molar-refractivity contribution < 1.29 is 9.47 Å². The van der Waals surface area contributed by atoms with Crippen LogP contribution in [-0.2, 0) is 13.0 Å². The van der Waals surface area contributed by atoms with Crippen LogP contribution >= 0.6 is 0 Å². The number of aryl methyl sites for hydroxylation is 1. The van der Waals surface area contributed by atoms with Gasteiger partial charge in [0.05, 0.1) is 18.5 Å². The van der Waals surface area contributed by atoms with E-state index in [9.17, 15) is 0 Å². The maximum absolute atomic E-state index is 6.02. The highest BCUT2D eigenvalue weighted by Crippen LogP contribution is 2.27. The predicted molar refractivity (Wildman–Crippen MR) is 113 cm³/mol. The molecule has 29 heavy (non-hydrogen) atoms. The molecule has 0 aliphatic rings. The number of hydrogen-bond donors (Lipinski definition) is 2. The second kappa shape index (κ2) is 10.2. The van der Waals surface area contributed by atoms with Gasteiger partial charge in [0.2, 0.25) is 5.88 Å². The molecule has 0 saturated heterocycles. The second-order valence-electron chi connectivity index (χ2n) is 6.21. The van der Waals surface area contributed by atoms with E-state index in [0.29, 0.717) is 12.5 Å². The zero-order chi connectivity index (χ0) is 20.5. The molecule has 2 N–H and O–H groups in total. The Labute approximate surface area is 170 Å². The number of hydrogen-bond acceptors (Lipinski definition) is 6. The van der Waals surface area contributed by atoms with E-state index in [1.807, 2.05) is 54.6 Å². The van der Waals surface area contributed by atoms with E-state index < -0.39 is 0 Å². The van der Waals surface area contributed by atoms with Crippen molar-refractivity contribution in [2.75, 3.05) is 14.2 Å². The normalized spacial score (nSPS) is 10.9. The average Bonchev–Trinajstić information content (AvgIpc) is 2.78. The zero-order valence-electron chi connectivity index (χ0n) is 16.8. The van der Waals surface area contributed by atoms with Gasteiger partial charge in [-0.05, 0) is 48.4 Å². The van der Waals surface area contributed by atoms with Gasteiger partial charge in [0.15, 0.2) is 0 Å². The van der Waals surface area contributed by atoms with Crippen LogP contribution in [0.1, 0.15) is 18.1 Å². The molecule has 7 nitrogen and oxygen atoms in total. The van der Waals surface area contributed by atoms with E-state index in [4.69, 9.17) is 9.47 Å². The Morgan fingerprint density at radius 3 is 2.52 bits per heavy atom. The van der Waals surface area contributed by atoms with Crippen LogP contribution in [0.2, 0.25) is 0 Å². The number of methoxy groups -OCH3 is 1. The highest BCUT2D eigenvalue weighted by molar-refractivity contribution is 5.60. The van der Waals surface area contributed by atoms with Crippen molar-refractivity contribution in [3.8, 4) is 22.9 Å². The molecule has 150 valence electrons. The number of aromatic nitrogens is 1. The molecule has 0 radical (unpaired) electrons. The monoisotopic (exact) mass is 391 g/mol. The first-order valence-electron chi connectivity index (χ1n) is 9.42. The zero-order valence-corrected chi connectivity index (χ0v) is 16.8. The van der Waals surface area contributed by atoms with Crippen molar-refractivity contribution in [1.82, 2.24) is 15.9 Å². The number of rotatable bonds is 9. The molecule has 1 heterocycles. The quantitative estimate of drug-likeness (QED) is 0.411. The van der Waals surface area contributed by atoms with E-state index >= 15 is 0 Å². The van der Waals surface area contributed by atoms with Crippen molar-refractivity contribution in [2.24, 2.45) is 10.3 Å². The molecular weight excluding hydrogens is 366 g/mol. The lowest BCUT2D eigenvalue weighted by atomic mass is 10.0. The smallest absolute Gasteiger partial charge is 0.214 e. The molecule has 0 amide bonds. The third kappa shape index (κ3) is 5.30. The molecule has 0 bridgehead atoms. The van der Waals surface area contributed by atoms with Crippen molar-refractivity contribution in [1.29, 1.82) is 0 Å². The lowest BCUT2D eigenvalue weighted by Gasteiger charge is -2.12. The predicted octanol–water partition coefficient (Wildman–Crippen LogP) is 4.62. The molecule has 0 atom stereocenters. The molecule has 0 spiro atoms. The van der Waals surface area contributed by atoms with Gasteiger partial charge in [-0.25, -0.2) is 15.9 Å². The molecule has 0 unspecified atom stereocenters. The standard InChI is InChI=1S/C22H25N5O2/c1-4-16-7-5-9-21(25-27-26-23-2)19(16)15-29-22-10-6-8-20(24-22)17-11-13-18(28-3)14-12-17/h5-14H,4,15H2,1-3H3,(H,23,27)(H,25,26). The summed E-state index contributed by atoms with van der Waals surface area (Å²) >= 11 is 0. The Morgan fingerprint density at radius 2 is 1.79 bits per heavy atom. The van der Waals surface area contributed by atoms with Gasteiger partial charge in [-0.2, -0.15) is 0 Å². The third-order valence-electron chi connectivity index (χ3n) is 4.42. The Kier molecular flexibility index (Phi) is 7.13. The summed E-state index contributed by atoms with van der Waals surface area (Å²) in [7, 11) is 3.38. The van der Waals surface area contributed by atoms with E-state index in [2.05, 4.69) is 39.3 Å². The van der Waals surface area contributed by atoms with Crippen molar-refractivity contribution >= 4 is 5.69 Å². The molecule has 3 rings (SSSR count). The molecule has 0 saturated carbocycles. The molecule has 0 aliphatic carbocycles. The number of pyridine rings is 1. The Morgan fingerprint density at radius 1 is 1.00 bits per heavy atom. The number of ether oxygens (including phenoxy) is 2. The maximum Gasteiger partial charge on any atom is 0.214 e. The van der Waals surface area contributed by atoms with Gasteiger partial charge in [-0.1, -0.05) is 30.3 Å². The summed E-state index contributed by atoms with van der Waals surface area (Å²) in [6.07, 6.45) is 0.876. The van der Waals surface area contributed by atoms with E-state index in [1.165, 1.54) is 0 Å². The number of nitrogens with one attached hydrogen (secondary N) is 2. The van der Waals surface area contributed by atoms with E-state index in [-0.39, 0.29) is 0 Å². The van der Waals surface area contributed by atoms with Crippen molar-refractivity contribution in [3.63, 3.8) is 0 Å². The van der Waals surface area contributed by atoms with E-state index in [1.54, 1.807) is 14.2 Å². The third-order valence-corrected chi connectivity index (χ3v) is 4.42. The molecule has 7 heteroatoms. The van der Waals surface area contributed by atoms with Gasteiger partial charge in [0, 0.05) is 24.2 Å². The minimum absolute atomic E-state index is 0.358. The highest BCUT2D eigenvalue weighted by Gasteiger charge is 2.10. The largest absolute Gasteiger partial charge is 0.497 e. The van der Waals surface area contributed by atoms with Gasteiger partial charge in [-0.15, -0.1) is 5.11 Å². The number of benzene rings is 2. The minimum atomic E-state index is 0.358. The van der Waals surface area contributed by atoms with Crippen LogP contribution in [0.4, 0.5) is 5.69 Å². The number of hydrazine groups is 1. The van der Waals surface area contributed by atoms with Gasteiger partial charge in [-0.3, -0.25) is 0 Å². The summed E-state index contributed by atoms with van der Waals surface area (Å²) in [5, 5.41) is 8.14. The topological polar surface area (TPSA) is 80.1 Å². The summed E-state index contributed by atoms with van der Waals surface area (Å²) in [6.45, 7) is 2.46. The van der Waals surface area contributed by atoms with Gasteiger partial charge in [0.25, 0.3) is 0 Å². The first kappa shape index (κ1) is 20.3. The number of nitrogens with zero attached hydrogens (tertiary/aromatic N) is 3. The first-order valence-corrected chi connectivity index (χ1v) is 9.42. The van der Waals surface area contributed by atoms with Crippen molar-refractivity contribution in [3.05, 3.63) is 71.8 Å². The van der Waals surface area contributed by atoms with Crippen LogP contribution < -0.4 is 20.4 Å².